The van der Waals surface area contributed by atoms with Crippen LogP contribution in [0.5, 0.6) is 5.75 Å². The van der Waals surface area contributed by atoms with Gasteiger partial charge in [0.25, 0.3) is 0 Å². The highest BCUT2D eigenvalue weighted by molar-refractivity contribution is 7.14. The van der Waals surface area contributed by atoms with Crippen molar-refractivity contribution in [3.8, 4) is 5.75 Å². The smallest absolute Gasteiger partial charge is 0.420 e. The van der Waals surface area contributed by atoms with Gasteiger partial charge in [0.2, 0.25) is 5.91 Å². The topological polar surface area (TPSA) is 112 Å². The van der Waals surface area contributed by atoms with Gasteiger partial charge >= 0.3 is 18.2 Å². The Hall–Kier alpha value is -3.27. The van der Waals surface area contributed by atoms with Gasteiger partial charge in [-0.2, -0.15) is 13.2 Å². The Kier molecular flexibility index (Phi) is 10.3. The molecule has 5 amide bonds. The van der Waals surface area contributed by atoms with Gasteiger partial charge in [-0.25, -0.2) is 9.59 Å². The Morgan fingerprint density at radius 1 is 1.02 bits per heavy atom. The van der Waals surface area contributed by atoms with E-state index in [2.05, 4.69) is 27.5 Å². The van der Waals surface area contributed by atoms with E-state index < -0.39 is 34.6 Å². The van der Waals surface area contributed by atoms with Crippen LogP contribution in [-0.2, 0) is 23.9 Å². The Morgan fingerprint density at radius 2 is 1.67 bits per heavy atom. The van der Waals surface area contributed by atoms with Gasteiger partial charge in [-0.3, -0.25) is 15.0 Å². The first-order chi connectivity index (χ1) is 22.9. The molecule has 5 heterocycles. The van der Waals surface area contributed by atoms with Gasteiger partial charge in [-0.15, -0.1) is 11.3 Å². The summed E-state index contributed by atoms with van der Waals surface area (Å²) in [6.45, 7) is 6.03. The van der Waals surface area contributed by atoms with Gasteiger partial charge in [0.1, 0.15) is 16.8 Å². The lowest BCUT2D eigenvalue weighted by atomic mass is 9.98. The molecule has 48 heavy (non-hydrogen) atoms. The summed E-state index contributed by atoms with van der Waals surface area (Å²) in [6, 6.07) is 2.43. The molecule has 16 heteroatoms. The number of halogens is 4. The van der Waals surface area contributed by atoms with E-state index in [0.717, 1.165) is 55.7 Å². The fourth-order valence-electron chi connectivity index (χ4n) is 7.19. The normalized spacial score (nSPS) is 21.2. The molecule has 0 saturated carbocycles. The SMILES string of the molecule is CN1CCN(C2CCN(C(=O)[C@@H](Cc3cc(Cl)c(O)c(C(F)(F)F)c3)NC(=O)N3CCC(N4Cc5ccsc5NC4=O)CC3)CC2)CC1. The third kappa shape index (κ3) is 7.63. The molecule has 0 spiro atoms. The molecule has 1 atom stereocenters. The highest BCUT2D eigenvalue weighted by Gasteiger charge is 2.38. The van der Waals surface area contributed by atoms with E-state index in [9.17, 15) is 32.7 Å². The molecule has 11 nitrogen and oxygen atoms in total. The Labute approximate surface area is 286 Å². The molecule has 262 valence electrons. The third-order valence-electron chi connectivity index (χ3n) is 10.1. The van der Waals surface area contributed by atoms with Crippen molar-refractivity contribution in [2.75, 3.05) is 64.7 Å². The van der Waals surface area contributed by atoms with Gasteiger partial charge in [0, 0.05) is 76.4 Å². The van der Waals surface area contributed by atoms with Gasteiger partial charge in [-0.1, -0.05) is 11.6 Å². The maximum atomic E-state index is 14.0. The number of thiophene rings is 1. The molecule has 0 bridgehead atoms. The number of aromatic hydroxyl groups is 1. The second-order valence-electron chi connectivity index (χ2n) is 13.1. The second-order valence-corrected chi connectivity index (χ2v) is 14.4. The number of likely N-dealkylation sites (tertiary alicyclic amines) is 2. The molecule has 0 unspecified atom stereocenters. The van der Waals surface area contributed by atoms with E-state index in [4.69, 9.17) is 11.6 Å². The summed E-state index contributed by atoms with van der Waals surface area (Å²) < 4.78 is 41.1. The van der Waals surface area contributed by atoms with Crippen molar-refractivity contribution in [2.24, 2.45) is 0 Å². The van der Waals surface area contributed by atoms with Crippen LogP contribution in [0.1, 0.15) is 42.4 Å². The first-order valence-corrected chi connectivity index (χ1v) is 17.6. The van der Waals surface area contributed by atoms with Crippen LogP contribution in [0.15, 0.2) is 23.6 Å². The average molecular weight is 712 g/mol. The van der Waals surface area contributed by atoms with Crippen LogP contribution in [0.4, 0.5) is 27.8 Å². The predicted molar refractivity (Wildman–Crippen MR) is 176 cm³/mol. The van der Waals surface area contributed by atoms with E-state index in [-0.39, 0.29) is 30.0 Å². The molecule has 4 aliphatic heterocycles. The van der Waals surface area contributed by atoms with Crippen molar-refractivity contribution < 1.29 is 32.7 Å². The summed E-state index contributed by atoms with van der Waals surface area (Å²) in [5.41, 5.74) is -0.177. The summed E-state index contributed by atoms with van der Waals surface area (Å²) in [5.74, 6) is -1.45. The summed E-state index contributed by atoms with van der Waals surface area (Å²) in [5, 5.41) is 18.0. The number of piperazine rings is 1. The number of benzene rings is 1. The molecule has 4 aliphatic rings. The van der Waals surface area contributed by atoms with Gasteiger partial charge in [0.05, 0.1) is 17.1 Å². The molecule has 0 aliphatic carbocycles. The molecular weight excluding hydrogens is 671 g/mol. The quantitative estimate of drug-likeness (QED) is 0.407. The number of amides is 5. The summed E-state index contributed by atoms with van der Waals surface area (Å²) >= 11 is 7.47. The number of phenols is 1. The number of nitrogens with zero attached hydrogens (tertiary/aromatic N) is 5. The fourth-order valence-corrected chi connectivity index (χ4v) is 8.23. The van der Waals surface area contributed by atoms with Crippen molar-refractivity contribution in [2.45, 2.75) is 63.0 Å². The van der Waals surface area contributed by atoms with Crippen LogP contribution < -0.4 is 10.6 Å². The third-order valence-corrected chi connectivity index (χ3v) is 11.2. The first-order valence-electron chi connectivity index (χ1n) is 16.4. The van der Waals surface area contributed by atoms with Crippen LogP contribution in [0.25, 0.3) is 0 Å². The molecule has 3 saturated heterocycles. The summed E-state index contributed by atoms with van der Waals surface area (Å²) in [6.07, 6.45) is -2.48. The van der Waals surface area contributed by atoms with Gasteiger partial charge in [0.15, 0.2) is 0 Å². The van der Waals surface area contributed by atoms with Crippen LogP contribution in [0.2, 0.25) is 5.02 Å². The highest BCUT2D eigenvalue weighted by atomic mass is 35.5. The lowest BCUT2D eigenvalue weighted by Crippen LogP contribution is -2.58. The number of fused-ring (bicyclic) bond motifs is 1. The predicted octanol–water partition coefficient (Wildman–Crippen LogP) is 4.50. The van der Waals surface area contributed by atoms with Crippen LogP contribution >= 0.6 is 22.9 Å². The number of likely N-dealkylation sites (N-methyl/N-ethyl adjacent to an activating group) is 1. The Balaban J connectivity index is 1.13. The number of anilines is 1. The van der Waals surface area contributed by atoms with E-state index >= 15 is 0 Å². The van der Waals surface area contributed by atoms with Crippen molar-refractivity contribution in [3.05, 3.63) is 45.3 Å². The minimum Gasteiger partial charge on any atom is -0.506 e. The minimum absolute atomic E-state index is 0.0683. The second kappa shape index (κ2) is 14.3. The zero-order chi connectivity index (χ0) is 34.2. The molecule has 6 rings (SSSR count). The van der Waals surface area contributed by atoms with E-state index in [1.165, 1.54) is 17.4 Å². The van der Waals surface area contributed by atoms with Crippen molar-refractivity contribution >= 4 is 45.9 Å². The maximum absolute atomic E-state index is 14.0. The van der Waals surface area contributed by atoms with Crippen molar-refractivity contribution in [1.82, 2.24) is 29.8 Å². The maximum Gasteiger partial charge on any atom is 0.420 e. The number of hydrogen-bond acceptors (Lipinski definition) is 7. The Morgan fingerprint density at radius 3 is 2.33 bits per heavy atom. The average Bonchev–Trinajstić information content (AvgIpc) is 3.52. The molecule has 1 aromatic heterocycles. The standard InChI is InChI=1S/C32H41ClF3N7O4S/c1-39-11-13-40(14-12-39)22-2-7-41(8-3-22)29(45)26(18-20-16-24(32(34,35)36)27(44)25(33)17-20)37-30(46)42-9-4-23(5-10-42)43-19-21-6-15-48-28(21)38-31(43)47/h6,15-17,22-23,26,44H,2-5,7-14,18-19H2,1H3,(H,37,46)(H,38,47)/t26-/m1/s1. The highest BCUT2D eigenvalue weighted by Crippen LogP contribution is 2.40. The van der Waals surface area contributed by atoms with Gasteiger partial charge < -0.3 is 30.0 Å². The fraction of sp³-hybridized carbons (Fsp3) is 0.594. The largest absolute Gasteiger partial charge is 0.506 e. The van der Waals surface area contributed by atoms with E-state index in [1.807, 2.05) is 11.4 Å². The number of hydrogen-bond donors (Lipinski definition) is 3. The summed E-state index contributed by atoms with van der Waals surface area (Å²) in [4.78, 5) is 50.1. The molecule has 2 aromatic rings. The summed E-state index contributed by atoms with van der Waals surface area (Å²) in [7, 11) is 2.10. The number of piperidine rings is 2. The Bertz CT molecular complexity index is 1500. The number of phenolic OH excluding ortho intramolecular Hbond substituents is 1. The number of urea groups is 2. The minimum atomic E-state index is -4.86. The lowest BCUT2D eigenvalue weighted by molar-refractivity contribution is -0.138. The number of nitrogens with one attached hydrogen (secondary N) is 2. The zero-order valence-corrected chi connectivity index (χ0v) is 28.3. The molecule has 3 N–H and O–H groups in total. The molecule has 0 radical (unpaired) electrons. The van der Waals surface area contributed by atoms with E-state index in [1.54, 1.807) is 14.7 Å². The number of carbonyl (C=O) groups excluding carboxylic acids is 3. The molecular formula is C32H41ClF3N7O4S. The first kappa shape index (κ1) is 34.6. The van der Waals surface area contributed by atoms with Crippen LogP contribution in [-0.4, -0.2) is 125 Å². The molecule has 3 fully saturated rings. The van der Waals surface area contributed by atoms with E-state index in [0.29, 0.717) is 51.6 Å². The molecule has 1 aromatic carbocycles. The monoisotopic (exact) mass is 711 g/mol. The number of carbonyl (C=O) groups is 3. The number of alkyl halides is 3. The lowest BCUT2D eigenvalue weighted by Gasteiger charge is -2.43. The van der Waals surface area contributed by atoms with Gasteiger partial charge in [-0.05, 0) is 61.9 Å². The van der Waals surface area contributed by atoms with Crippen molar-refractivity contribution in [3.63, 3.8) is 0 Å². The van der Waals surface area contributed by atoms with Crippen LogP contribution in [0, 0.1) is 0 Å². The van der Waals surface area contributed by atoms with Crippen LogP contribution in [0.3, 0.4) is 0 Å². The zero-order valence-electron chi connectivity index (χ0n) is 26.8. The van der Waals surface area contributed by atoms with Crippen molar-refractivity contribution in [1.29, 1.82) is 0 Å². The number of rotatable bonds is 6.